The van der Waals surface area contributed by atoms with Gasteiger partial charge in [-0.15, -0.1) is 0 Å². The van der Waals surface area contributed by atoms with Crippen LogP contribution in [0.3, 0.4) is 0 Å². The summed E-state index contributed by atoms with van der Waals surface area (Å²) in [5, 5.41) is 8.19. The first-order chi connectivity index (χ1) is 10.2. The number of hydrogen-bond donors (Lipinski definition) is 1. The standard InChI is InChI=1S/C18H27N3/c1-5-14-8-10-15(11-9-14)12-18(19-7-3)16-13-21(4)20-17(16)6-2/h8-11,13,18-19H,5-7,12H2,1-4H3. The molecule has 1 aromatic carbocycles. The van der Waals surface area contributed by atoms with Gasteiger partial charge in [0.05, 0.1) is 5.69 Å². The van der Waals surface area contributed by atoms with Gasteiger partial charge in [-0.2, -0.15) is 5.10 Å². The third-order valence-electron chi connectivity index (χ3n) is 3.97. The van der Waals surface area contributed by atoms with Crippen molar-refractivity contribution in [3.63, 3.8) is 0 Å². The van der Waals surface area contributed by atoms with Crippen LogP contribution in [0.2, 0.25) is 0 Å². The van der Waals surface area contributed by atoms with E-state index in [-0.39, 0.29) is 0 Å². The number of likely N-dealkylation sites (N-methyl/N-ethyl adjacent to an activating group) is 1. The summed E-state index contributed by atoms with van der Waals surface area (Å²) < 4.78 is 1.93. The van der Waals surface area contributed by atoms with E-state index in [4.69, 9.17) is 0 Å². The summed E-state index contributed by atoms with van der Waals surface area (Å²) in [4.78, 5) is 0. The van der Waals surface area contributed by atoms with E-state index in [9.17, 15) is 0 Å². The minimum absolute atomic E-state index is 0.339. The van der Waals surface area contributed by atoms with Crippen LogP contribution < -0.4 is 5.32 Å². The van der Waals surface area contributed by atoms with E-state index in [1.807, 2.05) is 11.7 Å². The second-order valence-electron chi connectivity index (χ2n) is 5.54. The van der Waals surface area contributed by atoms with Crippen molar-refractivity contribution in [2.24, 2.45) is 7.05 Å². The molecule has 0 fully saturated rings. The second-order valence-corrected chi connectivity index (χ2v) is 5.54. The molecule has 0 aliphatic carbocycles. The maximum atomic E-state index is 4.58. The third kappa shape index (κ3) is 3.94. The predicted octanol–water partition coefficient (Wildman–Crippen LogP) is 3.44. The van der Waals surface area contributed by atoms with Gasteiger partial charge in [-0.05, 0) is 36.9 Å². The van der Waals surface area contributed by atoms with Crippen molar-refractivity contribution in [2.75, 3.05) is 6.54 Å². The highest BCUT2D eigenvalue weighted by Crippen LogP contribution is 2.22. The Morgan fingerprint density at radius 1 is 1.05 bits per heavy atom. The molecule has 0 bridgehead atoms. The van der Waals surface area contributed by atoms with Gasteiger partial charge in [0.2, 0.25) is 0 Å². The largest absolute Gasteiger partial charge is 0.310 e. The van der Waals surface area contributed by atoms with Crippen molar-refractivity contribution in [1.29, 1.82) is 0 Å². The molecule has 0 aliphatic rings. The van der Waals surface area contributed by atoms with Crippen LogP contribution in [-0.2, 0) is 26.3 Å². The van der Waals surface area contributed by atoms with Gasteiger partial charge < -0.3 is 5.32 Å². The van der Waals surface area contributed by atoms with Crippen LogP contribution in [0.5, 0.6) is 0 Å². The van der Waals surface area contributed by atoms with Crippen LogP contribution in [0.4, 0.5) is 0 Å². The molecule has 1 N–H and O–H groups in total. The molecular formula is C18H27N3. The van der Waals surface area contributed by atoms with E-state index < -0.39 is 0 Å². The van der Waals surface area contributed by atoms with Crippen LogP contribution in [0.15, 0.2) is 30.5 Å². The van der Waals surface area contributed by atoms with Crippen LogP contribution in [0.25, 0.3) is 0 Å². The molecule has 1 atom stereocenters. The molecule has 21 heavy (non-hydrogen) atoms. The normalized spacial score (nSPS) is 12.6. The van der Waals surface area contributed by atoms with Crippen LogP contribution in [0.1, 0.15) is 49.2 Å². The van der Waals surface area contributed by atoms with Gasteiger partial charge in [-0.3, -0.25) is 4.68 Å². The maximum absolute atomic E-state index is 4.58. The SMILES string of the molecule is CCNC(Cc1ccc(CC)cc1)c1cn(C)nc1CC. The summed E-state index contributed by atoms with van der Waals surface area (Å²) >= 11 is 0. The molecule has 1 heterocycles. The molecule has 2 rings (SSSR count). The van der Waals surface area contributed by atoms with E-state index in [2.05, 4.69) is 61.6 Å². The Balaban J connectivity index is 2.21. The molecule has 0 saturated heterocycles. The van der Waals surface area contributed by atoms with Gasteiger partial charge >= 0.3 is 0 Å². The van der Waals surface area contributed by atoms with Crippen LogP contribution in [-0.4, -0.2) is 16.3 Å². The van der Waals surface area contributed by atoms with Gasteiger partial charge in [-0.1, -0.05) is 45.0 Å². The number of hydrogen-bond acceptors (Lipinski definition) is 2. The second kappa shape index (κ2) is 7.41. The number of nitrogens with one attached hydrogen (secondary N) is 1. The first-order valence-electron chi connectivity index (χ1n) is 8.01. The summed E-state index contributed by atoms with van der Waals surface area (Å²) in [5.74, 6) is 0. The minimum Gasteiger partial charge on any atom is -0.310 e. The van der Waals surface area contributed by atoms with E-state index in [0.717, 1.165) is 25.8 Å². The highest BCUT2D eigenvalue weighted by Gasteiger charge is 2.17. The molecule has 0 spiro atoms. The lowest BCUT2D eigenvalue weighted by Gasteiger charge is -2.18. The molecule has 0 saturated carbocycles. The first-order valence-corrected chi connectivity index (χ1v) is 8.01. The summed E-state index contributed by atoms with van der Waals surface area (Å²) in [6.07, 6.45) is 5.25. The van der Waals surface area contributed by atoms with E-state index in [0.29, 0.717) is 6.04 Å². The Morgan fingerprint density at radius 2 is 1.71 bits per heavy atom. The maximum Gasteiger partial charge on any atom is 0.0669 e. The molecule has 3 heteroatoms. The highest BCUT2D eigenvalue weighted by molar-refractivity contribution is 5.27. The van der Waals surface area contributed by atoms with Crippen molar-refractivity contribution in [2.45, 2.75) is 46.1 Å². The van der Waals surface area contributed by atoms with Crippen molar-refractivity contribution in [3.05, 3.63) is 52.8 Å². The zero-order chi connectivity index (χ0) is 15.2. The average Bonchev–Trinajstić information content (AvgIpc) is 2.88. The fourth-order valence-electron chi connectivity index (χ4n) is 2.80. The van der Waals surface area contributed by atoms with Gasteiger partial charge in [-0.25, -0.2) is 0 Å². The Kier molecular flexibility index (Phi) is 5.57. The number of benzene rings is 1. The lowest BCUT2D eigenvalue weighted by molar-refractivity contribution is 0.545. The number of nitrogens with zero attached hydrogens (tertiary/aromatic N) is 2. The first kappa shape index (κ1) is 15.8. The zero-order valence-corrected chi connectivity index (χ0v) is 13.7. The monoisotopic (exact) mass is 285 g/mol. The molecule has 1 unspecified atom stereocenters. The quantitative estimate of drug-likeness (QED) is 0.844. The fourth-order valence-corrected chi connectivity index (χ4v) is 2.80. The molecule has 0 radical (unpaired) electrons. The third-order valence-corrected chi connectivity index (χ3v) is 3.97. The Hall–Kier alpha value is -1.61. The van der Waals surface area contributed by atoms with Crippen molar-refractivity contribution < 1.29 is 0 Å². The highest BCUT2D eigenvalue weighted by atomic mass is 15.3. The number of rotatable bonds is 7. The Bertz CT molecular complexity index is 554. The van der Waals surface area contributed by atoms with Gasteiger partial charge in [0.1, 0.15) is 0 Å². The molecule has 114 valence electrons. The van der Waals surface area contributed by atoms with Crippen molar-refractivity contribution >= 4 is 0 Å². The smallest absolute Gasteiger partial charge is 0.0669 e. The van der Waals surface area contributed by atoms with Gasteiger partial charge in [0.25, 0.3) is 0 Å². The molecular weight excluding hydrogens is 258 g/mol. The number of aryl methyl sites for hydroxylation is 3. The Morgan fingerprint density at radius 3 is 2.29 bits per heavy atom. The Labute approximate surface area is 128 Å². The van der Waals surface area contributed by atoms with Crippen molar-refractivity contribution in [3.8, 4) is 0 Å². The number of aromatic nitrogens is 2. The lowest BCUT2D eigenvalue weighted by Crippen LogP contribution is -2.23. The zero-order valence-electron chi connectivity index (χ0n) is 13.7. The topological polar surface area (TPSA) is 29.9 Å². The van der Waals surface area contributed by atoms with Crippen molar-refractivity contribution in [1.82, 2.24) is 15.1 Å². The molecule has 1 aromatic heterocycles. The van der Waals surface area contributed by atoms with E-state index in [1.165, 1.54) is 22.4 Å². The predicted molar refractivity (Wildman–Crippen MR) is 88.5 cm³/mol. The van der Waals surface area contributed by atoms with Gasteiger partial charge in [0.15, 0.2) is 0 Å². The summed E-state index contributed by atoms with van der Waals surface area (Å²) in [6, 6.07) is 9.33. The summed E-state index contributed by atoms with van der Waals surface area (Å²) in [5.41, 5.74) is 5.31. The van der Waals surface area contributed by atoms with Crippen LogP contribution in [0, 0.1) is 0 Å². The van der Waals surface area contributed by atoms with Gasteiger partial charge in [0, 0.05) is 24.8 Å². The van der Waals surface area contributed by atoms with Crippen LogP contribution >= 0.6 is 0 Å². The molecule has 2 aromatic rings. The van der Waals surface area contributed by atoms with E-state index >= 15 is 0 Å². The molecule has 0 aliphatic heterocycles. The minimum atomic E-state index is 0.339. The summed E-state index contributed by atoms with van der Waals surface area (Å²) in [7, 11) is 2.00. The van der Waals surface area contributed by atoms with E-state index in [1.54, 1.807) is 0 Å². The summed E-state index contributed by atoms with van der Waals surface area (Å²) in [6.45, 7) is 7.50. The average molecular weight is 285 g/mol. The molecule has 0 amide bonds. The fraction of sp³-hybridized carbons (Fsp3) is 0.500. The molecule has 3 nitrogen and oxygen atoms in total. The lowest BCUT2D eigenvalue weighted by atomic mass is 9.97.